The van der Waals surface area contributed by atoms with Gasteiger partial charge in [-0.2, -0.15) is 13.2 Å². The van der Waals surface area contributed by atoms with Gasteiger partial charge in [-0.15, -0.1) is 0 Å². The summed E-state index contributed by atoms with van der Waals surface area (Å²) in [6.45, 7) is 1.16. The number of carbonyl (C=O) groups is 2. The van der Waals surface area contributed by atoms with Crippen LogP contribution < -0.4 is 0 Å². The van der Waals surface area contributed by atoms with E-state index in [9.17, 15) is 22.8 Å². The van der Waals surface area contributed by atoms with Crippen LogP contribution in [-0.4, -0.2) is 52.8 Å². The zero-order chi connectivity index (χ0) is 20.1. The molecule has 1 fully saturated rings. The quantitative estimate of drug-likeness (QED) is 0.758. The molecule has 0 spiro atoms. The number of aromatic nitrogens is 1. The largest absolute Gasteiger partial charge is 0.416 e. The lowest BCUT2D eigenvalue weighted by Gasteiger charge is -2.34. The third-order valence-corrected chi connectivity index (χ3v) is 4.40. The minimum atomic E-state index is -4.50. The van der Waals surface area contributed by atoms with Gasteiger partial charge in [-0.25, -0.2) is 0 Å². The first-order valence-corrected chi connectivity index (χ1v) is 8.69. The molecule has 5 nitrogen and oxygen atoms in total. The van der Waals surface area contributed by atoms with Crippen LogP contribution in [0.15, 0.2) is 54.7 Å². The zero-order valence-corrected chi connectivity index (χ0v) is 14.9. The van der Waals surface area contributed by atoms with Crippen molar-refractivity contribution in [1.29, 1.82) is 0 Å². The third kappa shape index (κ3) is 4.76. The van der Waals surface area contributed by atoms with Crippen molar-refractivity contribution in [2.75, 3.05) is 26.2 Å². The Morgan fingerprint density at radius 2 is 1.68 bits per heavy atom. The summed E-state index contributed by atoms with van der Waals surface area (Å²) in [5.41, 5.74) is -0.203. The highest BCUT2D eigenvalue weighted by Crippen LogP contribution is 2.29. The molecule has 0 radical (unpaired) electrons. The maximum atomic E-state index is 12.8. The van der Waals surface area contributed by atoms with Gasteiger partial charge >= 0.3 is 6.18 Å². The fourth-order valence-corrected chi connectivity index (χ4v) is 2.88. The van der Waals surface area contributed by atoms with E-state index in [2.05, 4.69) is 4.98 Å². The fourth-order valence-electron chi connectivity index (χ4n) is 2.88. The van der Waals surface area contributed by atoms with Crippen molar-refractivity contribution in [3.05, 3.63) is 71.6 Å². The first kappa shape index (κ1) is 19.6. The number of carbonyl (C=O) groups excluding carboxylic acids is 2. The molecule has 0 unspecified atom stereocenters. The second-order valence-electron chi connectivity index (χ2n) is 6.28. The average Bonchev–Trinajstić information content (AvgIpc) is 2.72. The smallest absolute Gasteiger partial charge is 0.336 e. The number of rotatable bonds is 3. The molecule has 2 heterocycles. The average molecular weight is 389 g/mol. The van der Waals surface area contributed by atoms with Gasteiger partial charge in [0.25, 0.3) is 5.91 Å². The van der Waals surface area contributed by atoms with Crippen molar-refractivity contribution >= 4 is 17.9 Å². The third-order valence-electron chi connectivity index (χ3n) is 4.40. The van der Waals surface area contributed by atoms with Crippen molar-refractivity contribution in [3.8, 4) is 0 Å². The van der Waals surface area contributed by atoms with E-state index in [1.54, 1.807) is 29.3 Å². The maximum absolute atomic E-state index is 12.8. The Morgan fingerprint density at radius 1 is 0.964 bits per heavy atom. The number of hydrogen-bond donors (Lipinski definition) is 0. The van der Waals surface area contributed by atoms with Crippen LogP contribution in [0.25, 0.3) is 6.08 Å². The highest BCUT2D eigenvalue weighted by molar-refractivity contribution is 5.95. The molecule has 0 aliphatic carbocycles. The summed E-state index contributed by atoms with van der Waals surface area (Å²) in [4.78, 5) is 31.9. The van der Waals surface area contributed by atoms with E-state index in [1.807, 2.05) is 6.07 Å². The highest BCUT2D eigenvalue weighted by Gasteiger charge is 2.31. The predicted molar refractivity (Wildman–Crippen MR) is 97.2 cm³/mol. The molecule has 0 atom stereocenters. The minimum Gasteiger partial charge on any atom is -0.336 e. The SMILES string of the molecule is O=C(C=Cc1ccccn1)N1CCN(C(=O)c2cccc(C(F)(F)F)c2)CC1. The number of hydrogen-bond acceptors (Lipinski definition) is 3. The van der Waals surface area contributed by atoms with Crippen LogP contribution >= 0.6 is 0 Å². The zero-order valence-electron chi connectivity index (χ0n) is 14.9. The highest BCUT2D eigenvalue weighted by atomic mass is 19.4. The van der Waals surface area contributed by atoms with Crippen LogP contribution in [0.3, 0.4) is 0 Å². The van der Waals surface area contributed by atoms with E-state index in [4.69, 9.17) is 0 Å². The summed E-state index contributed by atoms with van der Waals surface area (Å²) in [5, 5.41) is 0. The van der Waals surface area contributed by atoms with Gasteiger partial charge in [0.1, 0.15) is 0 Å². The molecule has 1 aliphatic heterocycles. The fraction of sp³-hybridized carbons (Fsp3) is 0.250. The normalized spacial score (nSPS) is 15.1. The minimum absolute atomic E-state index is 0.00958. The van der Waals surface area contributed by atoms with Gasteiger partial charge in [0.2, 0.25) is 5.91 Å². The van der Waals surface area contributed by atoms with Crippen molar-refractivity contribution in [3.63, 3.8) is 0 Å². The lowest BCUT2D eigenvalue weighted by Crippen LogP contribution is -2.50. The molecule has 28 heavy (non-hydrogen) atoms. The molecule has 1 aromatic carbocycles. The Kier molecular flexibility index (Phi) is 5.77. The molecule has 1 saturated heterocycles. The van der Waals surface area contributed by atoms with Gasteiger partial charge in [-0.3, -0.25) is 14.6 Å². The number of piperazine rings is 1. The van der Waals surface area contributed by atoms with E-state index in [1.165, 1.54) is 23.1 Å². The summed E-state index contributed by atoms with van der Waals surface area (Å²) in [5.74, 6) is -0.668. The Bertz CT molecular complexity index is 874. The van der Waals surface area contributed by atoms with Crippen LogP contribution in [0, 0.1) is 0 Å². The standard InChI is InChI=1S/C20H18F3N3O2/c21-20(22,23)16-5-3-4-15(14-16)19(28)26-12-10-25(11-13-26)18(27)8-7-17-6-1-2-9-24-17/h1-9,14H,10-13H2. The molecule has 146 valence electrons. The Morgan fingerprint density at radius 3 is 2.32 bits per heavy atom. The van der Waals surface area contributed by atoms with Crippen LogP contribution in [0.4, 0.5) is 13.2 Å². The first-order chi connectivity index (χ1) is 13.3. The Labute approximate surface area is 160 Å². The summed E-state index contributed by atoms with van der Waals surface area (Å²) < 4.78 is 38.5. The lowest BCUT2D eigenvalue weighted by atomic mass is 10.1. The number of alkyl halides is 3. The molecule has 2 aromatic rings. The summed E-state index contributed by atoms with van der Waals surface area (Å²) in [6, 6.07) is 9.74. The molecular formula is C20H18F3N3O2. The lowest BCUT2D eigenvalue weighted by molar-refractivity contribution is -0.137. The molecule has 0 N–H and O–H groups in total. The van der Waals surface area contributed by atoms with Gasteiger partial charge in [0, 0.05) is 44.0 Å². The molecule has 1 aromatic heterocycles. The second-order valence-corrected chi connectivity index (χ2v) is 6.28. The number of pyridine rings is 1. The van der Waals surface area contributed by atoms with E-state index in [-0.39, 0.29) is 24.6 Å². The predicted octanol–water partition coefficient (Wildman–Crippen LogP) is 3.10. The van der Waals surface area contributed by atoms with Crippen molar-refractivity contribution in [2.45, 2.75) is 6.18 Å². The Balaban J connectivity index is 1.58. The molecular weight excluding hydrogens is 371 g/mol. The van der Waals surface area contributed by atoms with Crippen molar-refractivity contribution in [2.24, 2.45) is 0 Å². The number of amides is 2. The van der Waals surface area contributed by atoms with Gasteiger partial charge in [-0.1, -0.05) is 12.1 Å². The Hall–Kier alpha value is -3.16. The first-order valence-electron chi connectivity index (χ1n) is 8.69. The van der Waals surface area contributed by atoms with Gasteiger partial charge in [0.15, 0.2) is 0 Å². The topological polar surface area (TPSA) is 53.5 Å². The molecule has 2 amide bonds. The van der Waals surface area contributed by atoms with Crippen LogP contribution in [0.5, 0.6) is 0 Å². The van der Waals surface area contributed by atoms with E-state index < -0.39 is 17.6 Å². The molecule has 8 heteroatoms. The van der Waals surface area contributed by atoms with Gasteiger partial charge < -0.3 is 9.80 Å². The maximum Gasteiger partial charge on any atom is 0.416 e. The van der Waals surface area contributed by atoms with Gasteiger partial charge in [0.05, 0.1) is 11.3 Å². The second kappa shape index (κ2) is 8.24. The summed E-state index contributed by atoms with van der Waals surface area (Å²) in [6.07, 6.45) is 0.165. The summed E-state index contributed by atoms with van der Waals surface area (Å²) in [7, 11) is 0. The molecule has 0 bridgehead atoms. The van der Waals surface area contributed by atoms with E-state index >= 15 is 0 Å². The monoisotopic (exact) mass is 389 g/mol. The van der Waals surface area contributed by atoms with E-state index in [0.717, 1.165) is 12.1 Å². The van der Waals surface area contributed by atoms with Gasteiger partial charge in [-0.05, 0) is 36.4 Å². The van der Waals surface area contributed by atoms with E-state index in [0.29, 0.717) is 18.8 Å². The van der Waals surface area contributed by atoms with Crippen LogP contribution in [-0.2, 0) is 11.0 Å². The molecule has 3 rings (SSSR count). The molecule has 0 saturated carbocycles. The number of halogens is 3. The van der Waals surface area contributed by atoms with Crippen molar-refractivity contribution < 1.29 is 22.8 Å². The number of benzene rings is 1. The number of nitrogens with zero attached hydrogens (tertiary/aromatic N) is 3. The molecule has 1 aliphatic rings. The van der Waals surface area contributed by atoms with Crippen molar-refractivity contribution in [1.82, 2.24) is 14.8 Å². The summed E-state index contributed by atoms with van der Waals surface area (Å²) >= 11 is 0. The van der Waals surface area contributed by atoms with Crippen LogP contribution in [0.2, 0.25) is 0 Å². The van der Waals surface area contributed by atoms with Crippen LogP contribution in [0.1, 0.15) is 21.6 Å².